The smallest absolute Gasteiger partial charge is 0.234 e. The average molecular weight is 196 g/mol. The van der Waals surface area contributed by atoms with Gasteiger partial charge in [0.05, 0.1) is 6.04 Å². The second-order valence-corrected chi connectivity index (χ2v) is 4.90. The van der Waals surface area contributed by atoms with Crippen molar-refractivity contribution in [2.24, 2.45) is 17.6 Å². The van der Waals surface area contributed by atoms with Crippen LogP contribution in [0.25, 0.3) is 0 Å². The Kier molecular flexibility index (Phi) is 2.77. The highest BCUT2D eigenvalue weighted by molar-refractivity contribution is 5.79. The summed E-state index contributed by atoms with van der Waals surface area (Å²) in [4.78, 5) is 13.4. The summed E-state index contributed by atoms with van der Waals surface area (Å²) in [5, 5.41) is 0. The summed E-state index contributed by atoms with van der Waals surface area (Å²) in [6.45, 7) is 1.07. The second-order valence-electron chi connectivity index (χ2n) is 4.90. The number of amides is 1. The Bertz CT molecular complexity index is 229. The minimum absolute atomic E-state index is 0.00523. The summed E-state index contributed by atoms with van der Waals surface area (Å²) in [5.41, 5.74) is 5.40. The van der Waals surface area contributed by atoms with Crippen LogP contribution in [-0.2, 0) is 4.79 Å². The summed E-state index contributed by atoms with van der Waals surface area (Å²) in [7, 11) is 2.03. The van der Waals surface area contributed by atoms with Gasteiger partial charge in [0.1, 0.15) is 0 Å². The van der Waals surface area contributed by atoms with Crippen LogP contribution in [0.4, 0.5) is 0 Å². The number of likely N-dealkylation sites (N-methyl/N-ethyl adjacent to an activating group) is 1. The standard InChI is InChI=1S/C11H20N2O/c1-13-7-9-5-3-2-4-8(9)6-10(13)11(12)14/h8-10H,2-7H2,1H3,(H2,12,14)/t8-,9?,10-/m0/s1. The molecule has 14 heavy (non-hydrogen) atoms. The van der Waals surface area contributed by atoms with Gasteiger partial charge in [-0.1, -0.05) is 19.3 Å². The molecule has 0 aromatic carbocycles. The summed E-state index contributed by atoms with van der Waals surface area (Å²) >= 11 is 0. The van der Waals surface area contributed by atoms with Gasteiger partial charge in [-0.25, -0.2) is 0 Å². The third kappa shape index (κ3) is 1.78. The van der Waals surface area contributed by atoms with E-state index in [0.29, 0.717) is 0 Å². The molecule has 0 bridgehead atoms. The highest BCUT2D eigenvalue weighted by atomic mass is 16.1. The van der Waals surface area contributed by atoms with E-state index in [1.807, 2.05) is 7.05 Å². The van der Waals surface area contributed by atoms with Gasteiger partial charge in [0, 0.05) is 6.54 Å². The van der Waals surface area contributed by atoms with Gasteiger partial charge in [-0.05, 0) is 31.7 Å². The van der Waals surface area contributed by atoms with Crippen molar-refractivity contribution in [3.63, 3.8) is 0 Å². The molecule has 3 atom stereocenters. The molecule has 2 N–H and O–H groups in total. The fraction of sp³-hybridized carbons (Fsp3) is 0.909. The van der Waals surface area contributed by atoms with Gasteiger partial charge in [0.25, 0.3) is 0 Å². The van der Waals surface area contributed by atoms with Crippen molar-refractivity contribution in [2.45, 2.75) is 38.1 Å². The van der Waals surface area contributed by atoms with Gasteiger partial charge in [-0.15, -0.1) is 0 Å². The third-order valence-electron chi connectivity index (χ3n) is 3.98. The Morgan fingerprint density at radius 3 is 2.57 bits per heavy atom. The van der Waals surface area contributed by atoms with E-state index in [-0.39, 0.29) is 11.9 Å². The number of primary amides is 1. The number of nitrogens with two attached hydrogens (primary N) is 1. The summed E-state index contributed by atoms with van der Waals surface area (Å²) < 4.78 is 0. The monoisotopic (exact) mass is 196 g/mol. The lowest BCUT2D eigenvalue weighted by molar-refractivity contribution is -0.125. The van der Waals surface area contributed by atoms with Crippen LogP contribution in [0, 0.1) is 11.8 Å². The Hall–Kier alpha value is -0.570. The molecule has 2 aliphatic rings. The molecule has 2 fully saturated rings. The van der Waals surface area contributed by atoms with Gasteiger partial charge >= 0.3 is 0 Å². The molecule has 1 heterocycles. The molecule has 2 rings (SSSR count). The number of hydrogen-bond acceptors (Lipinski definition) is 2. The molecule has 80 valence electrons. The number of likely N-dealkylation sites (tertiary alicyclic amines) is 1. The Labute approximate surface area is 85.6 Å². The van der Waals surface area contributed by atoms with E-state index in [9.17, 15) is 4.79 Å². The summed E-state index contributed by atoms with van der Waals surface area (Å²) in [5.74, 6) is 1.44. The highest BCUT2D eigenvalue weighted by Gasteiger charge is 2.37. The quantitative estimate of drug-likeness (QED) is 0.679. The predicted octanol–water partition coefficient (Wildman–Crippen LogP) is 0.982. The summed E-state index contributed by atoms with van der Waals surface area (Å²) in [6, 6.07) is -0.00523. The van der Waals surface area contributed by atoms with Crippen LogP contribution in [0.5, 0.6) is 0 Å². The fourth-order valence-corrected chi connectivity index (χ4v) is 3.13. The number of carbonyl (C=O) groups excluding carboxylic acids is 1. The van der Waals surface area contributed by atoms with E-state index in [2.05, 4.69) is 4.90 Å². The van der Waals surface area contributed by atoms with Crippen molar-refractivity contribution in [2.75, 3.05) is 13.6 Å². The maximum atomic E-state index is 11.2. The van der Waals surface area contributed by atoms with Crippen molar-refractivity contribution in [3.8, 4) is 0 Å². The van der Waals surface area contributed by atoms with Crippen molar-refractivity contribution in [1.29, 1.82) is 0 Å². The molecule has 0 aromatic rings. The number of piperidine rings is 1. The molecule has 0 aromatic heterocycles. The van der Waals surface area contributed by atoms with Crippen molar-refractivity contribution in [3.05, 3.63) is 0 Å². The lowest BCUT2D eigenvalue weighted by atomic mass is 9.73. The van der Waals surface area contributed by atoms with Gasteiger partial charge in [0.15, 0.2) is 0 Å². The fourth-order valence-electron chi connectivity index (χ4n) is 3.13. The first-order chi connectivity index (χ1) is 6.68. The van der Waals surface area contributed by atoms with E-state index < -0.39 is 0 Å². The van der Waals surface area contributed by atoms with E-state index in [0.717, 1.165) is 24.8 Å². The van der Waals surface area contributed by atoms with Crippen molar-refractivity contribution in [1.82, 2.24) is 4.90 Å². The average Bonchev–Trinajstić information content (AvgIpc) is 2.16. The van der Waals surface area contributed by atoms with Gasteiger partial charge in [-0.3, -0.25) is 9.69 Å². The molecular weight excluding hydrogens is 176 g/mol. The van der Waals surface area contributed by atoms with Crippen LogP contribution in [0.3, 0.4) is 0 Å². The molecule has 1 amide bonds. The zero-order valence-electron chi connectivity index (χ0n) is 8.91. The normalized spacial score (nSPS) is 39.1. The van der Waals surface area contributed by atoms with Crippen molar-refractivity contribution >= 4 is 5.91 Å². The molecule has 1 aliphatic carbocycles. The van der Waals surface area contributed by atoms with Crippen LogP contribution >= 0.6 is 0 Å². The highest BCUT2D eigenvalue weighted by Crippen LogP contribution is 2.37. The topological polar surface area (TPSA) is 46.3 Å². The lowest BCUT2D eigenvalue weighted by Gasteiger charge is -2.43. The molecule has 0 spiro atoms. The maximum absolute atomic E-state index is 11.2. The van der Waals surface area contributed by atoms with Gasteiger partial charge < -0.3 is 5.73 Å². The third-order valence-corrected chi connectivity index (χ3v) is 3.98. The van der Waals surface area contributed by atoms with Crippen LogP contribution in [0.2, 0.25) is 0 Å². The Morgan fingerprint density at radius 1 is 1.29 bits per heavy atom. The molecule has 1 unspecified atom stereocenters. The van der Waals surface area contributed by atoms with E-state index >= 15 is 0 Å². The van der Waals surface area contributed by atoms with E-state index in [1.54, 1.807) is 0 Å². The Balaban J connectivity index is 2.03. The van der Waals surface area contributed by atoms with Gasteiger partial charge in [0.2, 0.25) is 5.91 Å². The minimum Gasteiger partial charge on any atom is -0.368 e. The SMILES string of the molecule is CN1CC2CCCC[C@H]2C[C@H]1C(N)=O. The van der Waals surface area contributed by atoms with Crippen LogP contribution in [0.1, 0.15) is 32.1 Å². The first-order valence-electron chi connectivity index (χ1n) is 5.68. The molecule has 3 heteroatoms. The molecule has 3 nitrogen and oxygen atoms in total. The molecule has 0 radical (unpaired) electrons. The number of nitrogens with zero attached hydrogens (tertiary/aromatic N) is 1. The lowest BCUT2D eigenvalue weighted by Crippen LogP contribution is -2.51. The zero-order valence-corrected chi connectivity index (χ0v) is 8.91. The van der Waals surface area contributed by atoms with Crippen molar-refractivity contribution < 1.29 is 4.79 Å². The van der Waals surface area contributed by atoms with Crippen LogP contribution in [0.15, 0.2) is 0 Å². The zero-order chi connectivity index (χ0) is 10.1. The number of rotatable bonds is 1. The minimum atomic E-state index is -0.142. The predicted molar refractivity (Wildman–Crippen MR) is 55.7 cm³/mol. The van der Waals surface area contributed by atoms with Crippen LogP contribution < -0.4 is 5.73 Å². The van der Waals surface area contributed by atoms with Gasteiger partial charge in [-0.2, -0.15) is 0 Å². The number of hydrogen-bond donors (Lipinski definition) is 1. The molecule has 1 saturated carbocycles. The molecular formula is C11H20N2O. The first kappa shape index (κ1) is 9.97. The first-order valence-corrected chi connectivity index (χ1v) is 5.68. The Morgan fingerprint density at radius 2 is 1.93 bits per heavy atom. The second kappa shape index (κ2) is 3.89. The number of carbonyl (C=O) groups is 1. The largest absolute Gasteiger partial charge is 0.368 e. The van der Waals surface area contributed by atoms with E-state index in [4.69, 9.17) is 5.73 Å². The van der Waals surface area contributed by atoms with E-state index in [1.165, 1.54) is 25.7 Å². The molecule has 1 aliphatic heterocycles. The van der Waals surface area contributed by atoms with Crippen LogP contribution in [-0.4, -0.2) is 30.4 Å². The molecule has 1 saturated heterocycles. The number of fused-ring (bicyclic) bond motifs is 1. The maximum Gasteiger partial charge on any atom is 0.234 e. The summed E-state index contributed by atoms with van der Waals surface area (Å²) in [6.07, 6.45) is 6.37.